The van der Waals surface area contributed by atoms with Gasteiger partial charge in [0.05, 0.1) is 6.61 Å². The smallest absolute Gasteiger partial charge is 0.225 e. The van der Waals surface area contributed by atoms with Gasteiger partial charge in [0.15, 0.2) is 5.96 Å². The van der Waals surface area contributed by atoms with E-state index in [0.29, 0.717) is 0 Å². The quantitative estimate of drug-likeness (QED) is 0.420. The van der Waals surface area contributed by atoms with Crippen LogP contribution in [0.3, 0.4) is 0 Å². The van der Waals surface area contributed by atoms with Crippen molar-refractivity contribution in [3.8, 4) is 5.75 Å². The van der Waals surface area contributed by atoms with E-state index in [1.54, 1.807) is 12.4 Å². The van der Waals surface area contributed by atoms with E-state index in [-0.39, 0.29) is 0 Å². The summed E-state index contributed by atoms with van der Waals surface area (Å²) in [6.45, 7) is 7.41. The average Bonchev–Trinajstić information content (AvgIpc) is 2.79. The molecular formula is C22H32N6O. The Kier molecular flexibility index (Phi) is 8.10. The van der Waals surface area contributed by atoms with Gasteiger partial charge in [-0.15, -0.1) is 0 Å². The van der Waals surface area contributed by atoms with Crippen LogP contribution in [-0.4, -0.2) is 67.2 Å². The highest BCUT2D eigenvalue weighted by Crippen LogP contribution is 2.13. The lowest BCUT2D eigenvalue weighted by Crippen LogP contribution is -2.53. The zero-order chi connectivity index (χ0) is 20.3. The molecule has 0 bridgehead atoms. The maximum Gasteiger partial charge on any atom is 0.225 e. The Morgan fingerprint density at radius 1 is 1.10 bits per heavy atom. The summed E-state index contributed by atoms with van der Waals surface area (Å²) in [5.41, 5.74) is 1.29. The van der Waals surface area contributed by atoms with Crippen LogP contribution in [-0.2, 0) is 6.42 Å². The summed E-state index contributed by atoms with van der Waals surface area (Å²) < 4.78 is 5.73. The van der Waals surface area contributed by atoms with Crippen LogP contribution in [0.4, 0.5) is 5.95 Å². The maximum atomic E-state index is 5.73. The maximum absolute atomic E-state index is 5.73. The number of hydrogen-bond acceptors (Lipinski definition) is 5. The van der Waals surface area contributed by atoms with Crippen molar-refractivity contribution in [2.75, 3.05) is 51.3 Å². The monoisotopic (exact) mass is 396 g/mol. The number of nitrogens with zero attached hydrogens (tertiary/aromatic N) is 5. The van der Waals surface area contributed by atoms with Crippen LogP contribution < -0.4 is 15.0 Å². The van der Waals surface area contributed by atoms with Crippen LogP contribution in [0.25, 0.3) is 0 Å². The standard InChI is InChI=1S/C22H32N6O/c1-3-4-18-29-20-8-6-19(7-9-20)10-13-26-21(23-2)27-14-16-28(17-15-27)22-24-11-5-12-25-22/h5-9,11-12H,3-4,10,13-18H2,1-2H3,(H,23,26). The summed E-state index contributed by atoms with van der Waals surface area (Å²) in [5, 5.41) is 3.49. The number of nitrogens with one attached hydrogen (secondary N) is 1. The van der Waals surface area contributed by atoms with Crippen LogP contribution in [0.2, 0.25) is 0 Å². The van der Waals surface area contributed by atoms with Crippen LogP contribution in [0.1, 0.15) is 25.3 Å². The molecule has 0 saturated carbocycles. The van der Waals surface area contributed by atoms with Gasteiger partial charge in [-0.2, -0.15) is 0 Å². The van der Waals surface area contributed by atoms with Crippen molar-refractivity contribution in [3.05, 3.63) is 48.3 Å². The van der Waals surface area contributed by atoms with Gasteiger partial charge in [-0.25, -0.2) is 9.97 Å². The zero-order valence-electron chi connectivity index (χ0n) is 17.5. The molecule has 2 aromatic rings. The molecule has 0 radical (unpaired) electrons. The first kappa shape index (κ1) is 20.9. The molecule has 7 nitrogen and oxygen atoms in total. The molecule has 0 unspecified atom stereocenters. The lowest BCUT2D eigenvalue weighted by molar-refractivity contribution is 0.309. The van der Waals surface area contributed by atoms with Gasteiger partial charge in [0.2, 0.25) is 5.95 Å². The van der Waals surface area contributed by atoms with Crippen LogP contribution >= 0.6 is 0 Å². The van der Waals surface area contributed by atoms with E-state index in [4.69, 9.17) is 4.74 Å². The highest BCUT2D eigenvalue weighted by atomic mass is 16.5. The first-order valence-electron chi connectivity index (χ1n) is 10.5. The topological polar surface area (TPSA) is 65.9 Å². The molecule has 3 rings (SSSR count). The summed E-state index contributed by atoms with van der Waals surface area (Å²) in [7, 11) is 1.84. The molecular weight excluding hydrogens is 364 g/mol. The summed E-state index contributed by atoms with van der Waals surface area (Å²) >= 11 is 0. The molecule has 1 aliphatic rings. The second-order valence-electron chi connectivity index (χ2n) is 7.09. The molecule has 156 valence electrons. The summed E-state index contributed by atoms with van der Waals surface area (Å²) in [4.78, 5) is 17.7. The number of rotatable bonds is 8. The van der Waals surface area contributed by atoms with E-state index in [9.17, 15) is 0 Å². The van der Waals surface area contributed by atoms with Crippen molar-refractivity contribution in [1.82, 2.24) is 20.2 Å². The van der Waals surface area contributed by atoms with Gasteiger partial charge in [0.1, 0.15) is 5.75 Å². The number of aromatic nitrogens is 2. The van der Waals surface area contributed by atoms with E-state index >= 15 is 0 Å². The Morgan fingerprint density at radius 2 is 1.83 bits per heavy atom. The second kappa shape index (κ2) is 11.2. The number of hydrogen-bond donors (Lipinski definition) is 1. The fourth-order valence-electron chi connectivity index (χ4n) is 3.31. The Hall–Kier alpha value is -2.83. The van der Waals surface area contributed by atoms with Crippen molar-refractivity contribution in [3.63, 3.8) is 0 Å². The normalized spacial score (nSPS) is 14.8. The molecule has 1 aromatic heterocycles. The van der Waals surface area contributed by atoms with Crippen LogP contribution in [0.5, 0.6) is 5.75 Å². The number of anilines is 1. The van der Waals surface area contributed by atoms with Crippen molar-refractivity contribution >= 4 is 11.9 Å². The van der Waals surface area contributed by atoms with Crippen molar-refractivity contribution in [2.45, 2.75) is 26.2 Å². The molecule has 2 heterocycles. The van der Waals surface area contributed by atoms with Crippen LogP contribution in [0.15, 0.2) is 47.7 Å². The molecule has 0 atom stereocenters. The van der Waals surface area contributed by atoms with Gasteiger partial charge in [-0.3, -0.25) is 4.99 Å². The summed E-state index contributed by atoms with van der Waals surface area (Å²) in [5.74, 6) is 2.71. The molecule has 1 N–H and O–H groups in total. The van der Waals surface area contributed by atoms with Crippen LogP contribution in [0, 0.1) is 0 Å². The zero-order valence-corrected chi connectivity index (χ0v) is 17.5. The Bertz CT molecular complexity index is 742. The first-order chi connectivity index (χ1) is 14.3. The average molecular weight is 397 g/mol. The lowest BCUT2D eigenvalue weighted by Gasteiger charge is -2.36. The molecule has 1 aliphatic heterocycles. The molecule has 0 amide bonds. The molecule has 1 fully saturated rings. The third kappa shape index (κ3) is 6.34. The highest BCUT2D eigenvalue weighted by Gasteiger charge is 2.20. The Morgan fingerprint density at radius 3 is 2.48 bits per heavy atom. The number of benzene rings is 1. The third-order valence-corrected chi connectivity index (χ3v) is 5.01. The van der Waals surface area contributed by atoms with E-state index in [0.717, 1.165) is 76.3 Å². The van der Waals surface area contributed by atoms with Gasteiger partial charge >= 0.3 is 0 Å². The van der Waals surface area contributed by atoms with Gasteiger partial charge in [0.25, 0.3) is 0 Å². The molecule has 0 spiro atoms. The molecule has 0 aliphatic carbocycles. The largest absolute Gasteiger partial charge is 0.494 e. The van der Waals surface area contributed by atoms with Gasteiger partial charge in [-0.1, -0.05) is 25.5 Å². The number of ether oxygens (including phenoxy) is 1. The minimum atomic E-state index is 0.789. The van der Waals surface area contributed by atoms with E-state index in [1.165, 1.54) is 5.56 Å². The fourth-order valence-corrected chi connectivity index (χ4v) is 3.31. The Balaban J connectivity index is 1.41. The third-order valence-electron chi connectivity index (χ3n) is 5.01. The first-order valence-corrected chi connectivity index (χ1v) is 10.5. The van der Waals surface area contributed by atoms with E-state index in [2.05, 4.69) is 61.3 Å². The summed E-state index contributed by atoms with van der Waals surface area (Å²) in [6.07, 6.45) is 6.78. The molecule has 1 saturated heterocycles. The number of aliphatic imine (C=N–C) groups is 1. The van der Waals surface area contributed by atoms with Gasteiger partial charge < -0.3 is 19.9 Å². The number of guanidine groups is 1. The second-order valence-corrected chi connectivity index (χ2v) is 7.09. The van der Waals surface area contributed by atoms with Crippen molar-refractivity contribution in [1.29, 1.82) is 0 Å². The lowest BCUT2D eigenvalue weighted by atomic mass is 10.1. The predicted octanol–water partition coefficient (Wildman–Crippen LogP) is 2.60. The number of piperazine rings is 1. The predicted molar refractivity (Wildman–Crippen MR) is 118 cm³/mol. The minimum Gasteiger partial charge on any atom is -0.494 e. The summed E-state index contributed by atoms with van der Waals surface area (Å²) in [6, 6.07) is 10.3. The Labute approximate surface area is 173 Å². The van der Waals surface area contributed by atoms with Crippen molar-refractivity contribution in [2.24, 2.45) is 4.99 Å². The van der Waals surface area contributed by atoms with Crippen molar-refractivity contribution < 1.29 is 4.74 Å². The minimum absolute atomic E-state index is 0.789. The van der Waals surface area contributed by atoms with Gasteiger partial charge in [-0.05, 0) is 36.6 Å². The molecule has 1 aromatic carbocycles. The van der Waals surface area contributed by atoms with Gasteiger partial charge in [0, 0.05) is 52.2 Å². The molecule has 29 heavy (non-hydrogen) atoms. The number of unbranched alkanes of at least 4 members (excludes halogenated alkanes) is 1. The fraction of sp³-hybridized carbons (Fsp3) is 0.500. The van der Waals surface area contributed by atoms with E-state index < -0.39 is 0 Å². The highest BCUT2D eigenvalue weighted by molar-refractivity contribution is 5.80. The van der Waals surface area contributed by atoms with E-state index in [1.807, 2.05) is 13.1 Å². The SMILES string of the molecule is CCCCOc1ccc(CCNC(=NC)N2CCN(c3ncccn3)CC2)cc1. The molecule has 7 heteroatoms.